The first-order chi connectivity index (χ1) is 28.3. The van der Waals surface area contributed by atoms with Gasteiger partial charge in [0, 0.05) is 47.7 Å². The zero-order chi connectivity index (χ0) is 46.2. The van der Waals surface area contributed by atoms with E-state index in [2.05, 4.69) is 20.2 Å². The predicted molar refractivity (Wildman–Crippen MR) is 192 cm³/mol. The molecule has 1 unspecified atom stereocenters. The number of pyridine rings is 2. The van der Waals surface area contributed by atoms with Crippen LogP contribution in [0.5, 0.6) is 5.75 Å². The number of carbonyl (C=O) groups is 5. The van der Waals surface area contributed by atoms with Gasteiger partial charge in [-0.25, -0.2) is 19.9 Å². The normalized spacial score (nSPS) is 15.3. The van der Waals surface area contributed by atoms with Gasteiger partial charge in [-0.15, -0.1) is 0 Å². The number of aromatic nitrogens is 2. The Morgan fingerprint density at radius 3 is 1.84 bits per heavy atom. The van der Waals surface area contributed by atoms with Gasteiger partial charge in [-0.1, -0.05) is 18.2 Å². The summed E-state index contributed by atoms with van der Waals surface area (Å²) in [4.78, 5) is 63.1. The van der Waals surface area contributed by atoms with E-state index in [0.29, 0.717) is 37.4 Å². The molecule has 0 radical (unpaired) electrons. The maximum Gasteiger partial charge on any atom is 0.490 e. The highest BCUT2D eigenvalue weighted by Crippen LogP contribution is 2.28. The lowest BCUT2D eigenvalue weighted by Gasteiger charge is -2.43. The second-order valence-electron chi connectivity index (χ2n) is 12.8. The van der Waals surface area contributed by atoms with E-state index in [1.165, 1.54) is 0 Å². The predicted octanol–water partition coefficient (Wildman–Crippen LogP) is 6.08. The largest absolute Gasteiger partial charge is 0.490 e. The van der Waals surface area contributed by atoms with Crippen LogP contribution in [0.1, 0.15) is 46.4 Å². The van der Waals surface area contributed by atoms with Crippen LogP contribution >= 0.6 is 0 Å². The number of fused-ring (bicyclic) bond motifs is 1. The Hall–Kier alpha value is -6.56. The number of carbonyl (C=O) groups excluding carboxylic acids is 2. The van der Waals surface area contributed by atoms with Gasteiger partial charge < -0.3 is 25.4 Å². The number of rotatable bonds is 9. The molecule has 0 saturated carbocycles. The minimum absolute atomic E-state index is 0.0252. The van der Waals surface area contributed by atoms with Gasteiger partial charge in [0.25, 0.3) is 5.91 Å². The van der Waals surface area contributed by atoms with Crippen LogP contribution in [0.25, 0.3) is 10.9 Å². The van der Waals surface area contributed by atoms with Crippen LogP contribution in [0.2, 0.25) is 0 Å². The number of carboxylic acid groups (broad SMARTS) is 3. The molecule has 1 aliphatic rings. The monoisotopic (exact) mass is 881 g/mol. The van der Waals surface area contributed by atoms with Gasteiger partial charge in [0.2, 0.25) is 5.91 Å². The van der Waals surface area contributed by atoms with Crippen LogP contribution in [0.15, 0.2) is 79.1 Å². The molecule has 2 aromatic heterocycles. The number of para-hydroxylation sites is 1. The lowest BCUT2D eigenvalue weighted by molar-refractivity contribution is -0.193. The maximum absolute atomic E-state index is 13.3. The lowest BCUT2D eigenvalue weighted by Crippen LogP contribution is -2.60. The van der Waals surface area contributed by atoms with Crippen molar-refractivity contribution in [3.05, 3.63) is 102 Å². The SMILES string of the molecule is Cc1cc(COc2ccc(C(=O)NC3(CC(=O)NO)CCCN(Cc4ccncc4)C3)cc2)c2ccccc2n1.O=C(O)C(F)(F)F.O=C(O)C(F)(F)F.O=C(O)C(F)(F)F. The number of hydrogen-bond donors (Lipinski definition) is 6. The maximum atomic E-state index is 13.3. The third kappa shape index (κ3) is 17.7. The summed E-state index contributed by atoms with van der Waals surface area (Å²) in [5, 5.41) is 34.8. The number of carboxylic acids is 3. The van der Waals surface area contributed by atoms with Crippen LogP contribution in [0.3, 0.4) is 0 Å². The summed E-state index contributed by atoms with van der Waals surface area (Å²) in [7, 11) is 0. The minimum atomic E-state index is -5.08. The van der Waals surface area contributed by atoms with E-state index in [0.717, 1.165) is 40.7 Å². The van der Waals surface area contributed by atoms with Crippen molar-refractivity contribution in [3.8, 4) is 5.75 Å². The Balaban J connectivity index is 0.000000502. The third-order valence-corrected chi connectivity index (χ3v) is 7.98. The number of benzene rings is 2. The molecule has 0 bridgehead atoms. The number of piperidine rings is 1. The molecular formula is C37H36F9N5O10. The number of nitrogens with one attached hydrogen (secondary N) is 2. The molecule has 4 aromatic rings. The quantitative estimate of drug-likeness (QED) is 0.0638. The highest BCUT2D eigenvalue weighted by Gasteiger charge is 2.40. The molecule has 1 saturated heterocycles. The first kappa shape index (κ1) is 50.6. The molecule has 1 aliphatic heterocycles. The molecular weight excluding hydrogens is 845 g/mol. The number of alkyl halides is 9. The minimum Gasteiger partial charge on any atom is -0.489 e. The number of nitrogens with zero attached hydrogens (tertiary/aromatic N) is 3. The summed E-state index contributed by atoms with van der Waals surface area (Å²) in [5.74, 6) is -8.44. The summed E-state index contributed by atoms with van der Waals surface area (Å²) >= 11 is 0. The van der Waals surface area contributed by atoms with Gasteiger partial charge >= 0.3 is 36.4 Å². The number of likely N-dealkylation sites (tertiary alicyclic amines) is 1. The number of hydroxylamine groups is 1. The van der Waals surface area contributed by atoms with E-state index in [1.54, 1.807) is 42.1 Å². The van der Waals surface area contributed by atoms with Crippen LogP contribution in [0.4, 0.5) is 39.5 Å². The van der Waals surface area contributed by atoms with Crippen LogP contribution in [-0.2, 0) is 32.3 Å². The molecule has 1 fully saturated rings. The molecule has 2 aromatic carbocycles. The fourth-order valence-electron chi connectivity index (χ4n) is 5.44. The average Bonchev–Trinajstić information content (AvgIpc) is 3.17. The topological polar surface area (TPSA) is 229 Å². The standard InChI is InChI=1S/C31H33N5O4.3C2HF3O2/c1-22-17-25(27-5-2-3-6-28(27)33-22)20-40-26-9-7-24(8-10-26)30(38)34-31(18-29(37)35-39)13-4-16-36(21-31)19-23-11-14-32-15-12-23;3*3-2(4,5)1(6)7/h2-3,5-12,14-15,17,39H,4,13,16,18-21H2,1H3,(H,34,38)(H,35,37);3*(H,6,7). The first-order valence-corrected chi connectivity index (χ1v) is 17.1. The lowest BCUT2D eigenvalue weighted by atomic mass is 9.84. The Bertz CT molecular complexity index is 2050. The van der Waals surface area contributed by atoms with Crippen molar-refractivity contribution in [2.75, 3.05) is 13.1 Å². The number of aryl methyl sites for hydroxylation is 1. The molecule has 1 atom stereocenters. The second kappa shape index (κ2) is 22.2. The first-order valence-electron chi connectivity index (χ1n) is 17.1. The molecule has 61 heavy (non-hydrogen) atoms. The van der Waals surface area contributed by atoms with E-state index < -0.39 is 47.9 Å². The number of amides is 2. The molecule has 5 rings (SSSR count). The van der Waals surface area contributed by atoms with Gasteiger partial charge in [-0.2, -0.15) is 39.5 Å². The summed E-state index contributed by atoms with van der Waals surface area (Å²) < 4.78 is 101. The summed E-state index contributed by atoms with van der Waals surface area (Å²) in [5.41, 5.74) is 5.38. The second-order valence-corrected chi connectivity index (χ2v) is 12.8. The van der Waals surface area contributed by atoms with Crippen LogP contribution in [0, 0.1) is 6.92 Å². The van der Waals surface area contributed by atoms with Crippen molar-refractivity contribution in [3.63, 3.8) is 0 Å². The summed E-state index contributed by atoms with van der Waals surface area (Å²) in [6.07, 6.45) is -10.3. The third-order valence-electron chi connectivity index (χ3n) is 7.98. The van der Waals surface area contributed by atoms with E-state index in [1.807, 2.05) is 49.4 Å². The van der Waals surface area contributed by atoms with Gasteiger partial charge in [-0.05, 0) is 80.4 Å². The van der Waals surface area contributed by atoms with E-state index in [9.17, 15) is 54.3 Å². The Kier molecular flexibility index (Phi) is 18.4. The van der Waals surface area contributed by atoms with Crippen molar-refractivity contribution in [1.29, 1.82) is 0 Å². The molecule has 0 aliphatic carbocycles. The Labute approximate surface area is 338 Å². The number of ether oxygens (including phenoxy) is 1. The number of hydrogen-bond acceptors (Lipinski definition) is 10. The molecule has 6 N–H and O–H groups in total. The molecule has 332 valence electrons. The van der Waals surface area contributed by atoms with Gasteiger partial charge in [0.05, 0.1) is 17.5 Å². The zero-order valence-corrected chi connectivity index (χ0v) is 31.4. The summed E-state index contributed by atoms with van der Waals surface area (Å²) in [6.45, 7) is 4.35. The van der Waals surface area contributed by atoms with Gasteiger partial charge in [0.1, 0.15) is 12.4 Å². The van der Waals surface area contributed by atoms with Crippen molar-refractivity contribution in [2.24, 2.45) is 0 Å². The highest BCUT2D eigenvalue weighted by atomic mass is 19.4. The molecule has 2 amide bonds. The fraction of sp³-hybridized carbons (Fsp3) is 0.324. The van der Waals surface area contributed by atoms with Gasteiger partial charge in [-0.3, -0.25) is 29.7 Å². The molecule has 15 nitrogen and oxygen atoms in total. The smallest absolute Gasteiger partial charge is 0.489 e. The van der Waals surface area contributed by atoms with E-state index in [-0.39, 0.29) is 12.3 Å². The van der Waals surface area contributed by atoms with Gasteiger partial charge in [0.15, 0.2) is 0 Å². The Morgan fingerprint density at radius 1 is 0.803 bits per heavy atom. The van der Waals surface area contributed by atoms with Crippen LogP contribution < -0.4 is 15.5 Å². The van der Waals surface area contributed by atoms with Crippen molar-refractivity contribution in [1.82, 2.24) is 25.7 Å². The highest BCUT2D eigenvalue weighted by molar-refractivity contribution is 5.95. The average molecular weight is 882 g/mol. The zero-order valence-electron chi connectivity index (χ0n) is 31.4. The number of aliphatic carboxylic acids is 3. The van der Waals surface area contributed by atoms with Crippen molar-refractivity contribution in [2.45, 2.75) is 63.4 Å². The Morgan fingerprint density at radius 2 is 1.33 bits per heavy atom. The molecule has 24 heteroatoms. The number of halogens is 9. The fourth-order valence-corrected chi connectivity index (χ4v) is 5.44. The van der Waals surface area contributed by atoms with Crippen molar-refractivity contribution >= 4 is 40.6 Å². The summed E-state index contributed by atoms with van der Waals surface area (Å²) in [6, 6.07) is 20.9. The van der Waals surface area contributed by atoms with E-state index in [4.69, 9.17) is 34.4 Å². The van der Waals surface area contributed by atoms with E-state index >= 15 is 0 Å². The molecule has 3 heterocycles. The molecule has 0 spiro atoms. The van der Waals surface area contributed by atoms with Crippen molar-refractivity contribution < 1.29 is 88.8 Å². The van der Waals surface area contributed by atoms with Crippen LogP contribution in [-0.4, -0.2) is 102 Å².